The number of amides is 1. The van der Waals surface area contributed by atoms with Crippen molar-refractivity contribution in [3.05, 3.63) is 30.1 Å². The predicted molar refractivity (Wildman–Crippen MR) is 72.7 cm³/mol. The first-order valence-electron chi connectivity index (χ1n) is 5.85. The van der Waals surface area contributed by atoms with Gasteiger partial charge in [-0.15, -0.1) is 6.58 Å². The van der Waals surface area contributed by atoms with Crippen LogP contribution >= 0.6 is 0 Å². The van der Waals surface area contributed by atoms with Gasteiger partial charge in [0.2, 0.25) is 5.95 Å². The molecule has 0 bridgehead atoms. The predicted octanol–water partition coefficient (Wildman–Crippen LogP) is 1.91. The number of carbonyl (C=O) groups excluding carboxylic acids is 1. The van der Waals surface area contributed by atoms with Gasteiger partial charge in [0.05, 0.1) is 0 Å². The molecule has 1 aromatic heterocycles. The molecular weight excluding hydrogens is 228 g/mol. The summed E-state index contributed by atoms with van der Waals surface area (Å²) >= 11 is 0. The van der Waals surface area contributed by atoms with Gasteiger partial charge in [0.25, 0.3) is 5.91 Å². The first-order chi connectivity index (χ1) is 8.31. The van der Waals surface area contributed by atoms with Crippen LogP contribution in [0.5, 0.6) is 0 Å². The van der Waals surface area contributed by atoms with Gasteiger partial charge >= 0.3 is 0 Å². The minimum Gasteiger partial charge on any atom is -0.350 e. The van der Waals surface area contributed by atoms with E-state index in [0.29, 0.717) is 18.2 Å². The number of hydrogen-bond donors (Lipinski definition) is 2. The molecule has 0 aliphatic heterocycles. The summed E-state index contributed by atoms with van der Waals surface area (Å²) in [6.07, 6.45) is 1.63. The molecule has 1 aromatic rings. The van der Waals surface area contributed by atoms with Crippen molar-refractivity contribution >= 4 is 11.9 Å². The van der Waals surface area contributed by atoms with E-state index in [1.807, 2.05) is 27.7 Å². The van der Waals surface area contributed by atoms with Gasteiger partial charge in [-0.2, -0.15) is 0 Å². The highest BCUT2D eigenvalue weighted by atomic mass is 16.1. The molecule has 2 N–H and O–H groups in total. The van der Waals surface area contributed by atoms with Gasteiger partial charge in [0.15, 0.2) is 0 Å². The molecule has 1 rings (SSSR count). The van der Waals surface area contributed by atoms with Crippen molar-refractivity contribution in [3.63, 3.8) is 0 Å². The topological polar surface area (TPSA) is 66.9 Å². The smallest absolute Gasteiger partial charge is 0.270 e. The molecule has 98 valence electrons. The van der Waals surface area contributed by atoms with Gasteiger partial charge in [0, 0.05) is 17.8 Å². The molecule has 0 aliphatic rings. The fourth-order valence-corrected chi connectivity index (χ4v) is 1.33. The van der Waals surface area contributed by atoms with E-state index in [-0.39, 0.29) is 11.4 Å². The third kappa shape index (κ3) is 4.53. The number of nitrogens with zero attached hydrogens (tertiary/aromatic N) is 2. The van der Waals surface area contributed by atoms with Gasteiger partial charge in [-0.05, 0) is 33.8 Å². The fourth-order valence-electron chi connectivity index (χ4n) is 1.33. The second-order valence-corrected chi connectivity index (χ2v) is 5.09. The number of nitrogens with one attached hydrogen (secondary N) is 2. The molecule has 0 saturated heterocycles. The summed E-state index contributed by atoms with van der Waals surface area (Å²) in [6, 6.07) is 1.66. The quantitative estimate of drug-likeness (QED) is 0.799. The average Bonchev–Trinajstić information content (AvgIpc) is 2.22. The van der Waals surface area contributed by atoms with Crippen LogP contribution in [0, 0.1) is 6.92 Å². The van der Waals surface area contributed by atoms with E-state index < -0.39 is 0 Å². The maximum atomic E-state index is 11.8. The number of aromatic nitrogens is 2. The molecule has 0 saturated carbocycles. The Balaban J connectivity index is 2.93. The van der Waals surface area contributed by atoms with E-state index in [9.17, 15) is 4.79 Å². The van der Waals surface area contributed by atoms with Crippen molar-refractivity contribution in [1.82, 2.24) is 15.3 Å². The SMILES string of the molecule is C=CCNC(=O)c1cc(C)nc(NC(C)(C)C)n1. The lowest BCUT2D eigenvalue weighted by Gasteiger charge is -2.20. The number of hydrogen-bond acceptors (Lipinski definition) is 4. The summed E-state index contributed by atoms with van der Waals surface area (Å²) in [5, 5.41) is 5.84. The van der Waals surface area contributed by atoms with Crippen LogP contribution in [0.2, 0.25) is 0 Å². The molecular formula is C13H20N4O. The molecule has 0 unspecified atom stereocenters. The summed E-state index contributed by atoms with van der Waals surface area (Å²) in [6.45, 7) is 11.8. The Morgan fingerprint density at radius 1 is 1.44 bits per heavy atom. The minimum absolute atomic E-state index is 0.150. The monoisotopic (exact) mass is 248 g/mol. The molecule has 1 heterocycles. The van der Waals surface area contributed by atoms with Crippen molar-refractivity contribution < 1.29 is 4.79 Å². The van der Waals surface area contributed by atoms with Gasteiger partial charge in [0.1, 0.15) is 5.69 Å². The summed E-state index contributed by atoms with van der Waals surface area (Å²) in [5.41, 5.74) is 0.958. The lowest BCUT2D eigenvalue weighted by molar-refractivity contribution is 0.0953. The van der Waals surface area contributed by atoms with Gasteiger partial charge in [-0.25, -0.2) is 9.97 Å². The fraction of sp³-hybridized carbons (Fsp3) is 0.462. The molecule has 1 amide bonds. The van der Waals surface area contributed by atoms with Crippen LogP contribution in [0.3, 0.4) is 0 Å². The maximum absolute atomic E-state index is 11.8. The zero-order valence-electron chi connectivity index (χ0n) is 11.4. The normalized spacial score (nSPS) is 10.9. The second-order valence-electron chi connectivity index (χ2n) is 5.09. The third-order valence-electron chi connectivity index (χ3n) is 1.98. The van der Waals surface area contributed by atoms with Crippen LogP contribution in [0.25, 0.3) is 0 Å². The zero-order valence-corrected chi connectivity index (χ0v) is 11.4. The van der Waals surface area contributed by atoms with Crippen molar-refractivity contribution in [2.75, 3.05) is 11.9 Å². The first-order valence-corrected chi connectivity index (χ1v) is 5.85. The molecule has 5 heteroatoms. The number of aryl methyl sites for hydroxylation is 1. The highest BCUT2D eigenvalue weighted by Gasteiger charge is 2.14. The standard InChI is InChI=1S/C13H20N4O/c1-6-7-14-11(18)10-8-9(2)15-12(16-10)17-13(3,4)5/h6,8H,1,7H2,2-5H3,(H,14,18)(H,15,16,17). The molecule has 0 atom stereocenters. The van der Waals surface area contributed by atoms with Crippen LogP contribution in [0.1, 0.15) is 37.0 Å². The molecule has 18 heavy (non-hydrogen) atoms. The highest BCUT2D eigenvalue weighted by Crippen LogP contribution is 2.11. The molecule has 0 aromatic carbocycles. The third-order valence-corrected chi connectivity index (χ3v) is 1.98. The second kappa shape index (κ2) is 5.62. The Hall–Kier alpha value is -1.91. The molecule has 0 fully saturated rings. The van der Waals surface area contributed by atoms with Crippen molar-refractivity contribution in [1.29, 1.82) is 0 Å². The summed E-state index contributed by atoms with van der Waals surface area (Å²) < 4.78 is 0. The molecule has 0 radical (unpaired) electrons. The van der Waals surface area contributed by atoms with E-state index in [0.717, 1.165) is 5.69 Å². The number of rotatable bonds is 4. The van der Waals surface area contributed by atoms with E-state index >= 15 is 0 Å². The Morgan fingerprint density at radius 3 is 2.67 bits per heavy atom. The number of anilines is 1. The van der Waals surface area contributed by atoms with Crippen molar-refractivity contribution in [2.24, 2.45) is 0 Å². The summed E-state index contributed by atoms with van der Waals surface area (Å²) in [4.78, 5) is 20.3. The Morgan fingerprint density at radius 2 is 2.11 bits per heavy atom. The maximum Gasteiger partial charge on any atom is 0.270 e. The summed E-state index contributed by atoms with van der Waals surface area (Å²) in [7, 11) is 0. The van der Waals surface area contributed by atoms with E-state index in [1.165, 1.54) is 0 Å². The zero-order chi connectivity index (χ0) is 13.8. The minimum atomic E-state index is -0.225. The lowest BCUT2D eigenvalue weighted by atomic mass is 10.1. The van der Waals surface area contributed by atoms with Gasteiger partial charge < -0.3 is 10.6 Å². The number of carbonyl (C=O) groups is 1. The Kier molecular flexibility index (Phi) is 4.42. The van der Waals surface area contributed by atoms with Crippen LogP contribution in [0.15, 0.2) is 18.7 Å². The molecule has 0 spiro atoms. The molecule has 0 aliphatic carbocycles. The first kappa shape index (κ1) is 14.2. The van der Waals surface area contributed by atoms with Crippen molar-refractivity contribution in [2.45, 2.75) is 33.2 Å². The van der Waals surface area contributed by atoms with E-state index in [2.05, 4.69) is 27.2 Å². The van der Waals surface area contributed by atoms with E-state index in [1.54, 1.807) is 12.1 Å². The Labute approximate surface area is 108 Å². The molecule has 5 nitrogen and oxygen atoms in total. The van der Waals surface area contributed by atoms with Crippen LogP contribution in [0.4, 0.5) is 5.95 Å². The summed E-state index contributed by atoms with van der Waals surface area (Å²) in [5.74, 6) is 0.239. The van der Waals surface area contributed by atoms with E-state index in [4.69, 9.17) is 0 Å². The van der Waals surface area contributed by atoms with Gasteiger partial charge in [-0.3, -0.25) is 4.79 Å². The Bertz CT molecular complexity index is 449. The van der Waals surface area contributed by atoms with Crippen LogP contribution < -0.4 is 10.6 Å². The van der Waals surface area contributed by atoms with Gasteiger partial charge in [-0.1, -0.05) is 6.08 Å². The average molecular weight is 248 g/mol. The lowest BCUT2D eigenvalue weighted by Crippen LogP contribution is -2.29. The van der Waals surface area contributed by atoms with Crippen LogP contribution in [-0.2, 0) is 0 Å². The van der Waals surface area contributed by atoms with Crippen molar-refractivity contribution in [3.8, 4) is 0 Å². The van der Waals surface area contributed by atoms with Crippen LogP contribution in [-0.4, -0.2) is 28.0 Å². The highest BCUT2D eigenvalue weighted by molar-refractivity contribution is 5.92. The largest absolute Gasteiger partial charge is 0.350 e.